The van der Waals surface area contributed by atoms with E-state index in [0.717, 1.165) is 56.1 Å². The van der Waals surface area contributed by atoms with Gasteiger partial charge in [0.2, 0.25) is 11.8 Å². The van der Waals surface area contributed by atoms with Crippen LogP contribution < -0.4 is 0 Å². The van der Waals surface area contributed by atoms with Crippen molar-refractivity contribution in [2.75, 3.05) is 31.9 Å². The van der Waals surface area contributed by atoms with Crippen LogP contribution in [0.15, 0.2) is 24.3 Å². The van der Waals surface area contributed by atoms with Gasteiger partial charge < -0.3 is 9.80 Å². The first-order chi connectivity index (χ1) is 12.6. The van der Waals surface area contributed by atoms with Gasteiger partial charge in [-0.1, -0.05) is 23.7 Å². The number of carbonyl (C=O) groups is 2. The van der Waals surface area contributed by atoms with Gasteiger partial charge in [0.25, 0.3) is 0 Å². The second-order valence-corrected chi connectivity index (χ2v) is 8.61. The normalized spacial score (nSPS) is 20.9. The van der Waals surface area contributed by atoms with Crippen molar-refractivity contribution < 1.29 is 9.59 Å². The predicted octanol–water partition coefficient (Wildman–Crippen LogP) is 3.82. The molecule has 3 rings (SSSR count). The Balaban J connectivity index is 1.45. The van der Waals surface area contributed by atoms with Crippen molar-refractivity contribution in [3.8, 4) is 0 Å². The zero-order valence-electron chi connectivity index (χ0n) is 15.2. The van der Waals surface area contributed by atoms with Crippen molar-refractivity contribution in [3.05, 3.63) is 34.9 Å². The van der Waals surface area contributed by atoms with Crippen LogP contribution in [0.1, 0.15) is 37.7 Å². The number of nitrogens with zero attached hydrogens (tertiary/aromatic N) is 2. The maximum Gasteiger partial charge on any atom is 0.232 e. The van der Waals surface area contributed by atoms with Crippen LogP contribution >= 0.6 is 23.4 Å². The highest BCUT2D eigenvalue weighted by atomic mass is 35.5. The van der Waals surface area contributed by atoms with Gasteiger partial charge in [-0.15, -0.1) is 11.8 Å². The zero-order chi connectivity index (χ0) is 18.4. The highest BCUT2D eigenvalue weighted by Gasteiger charge is 2.31. The van der Waals surface area contributed by atoms with E-state index in [9.17, 15) is 9.59 Å². The van der Waals surface area contributed by atoms with Crippen molar-refractivity contribution in [3.63, 3.8) is 0 Å². The maximum absolute atomic E-state index is 12.7. The van der Waals surface area contributed by atoms with E-state index in [1.54, 1.807) is 11.8 Å². The van der Waals surface area contributed by atoms with Crippen LogP contribution in [0, 0.1) is 5.92 Å². The molecule has 2 aliphatic heterocycles. The molecule has 2 saturated heterocycles. The molecular formula is C20H27ClN2O2S. The average Bonchev–Trinajstić information content (AvgIpc) is 2.69. The second kappa shape index (κ2) is 9.65. The summed E-state index contributed by atoms with van der Waals surface area (Å²) in [6.07, 6.45) is 5.30. The lowest BCUT2D eigenvalue weighted by Crippen LogP contribution is -2.48. The van der Waals surface area contributed by atoms with Gasteiger partial charge in [-0.25, -0.2) is 0 Å². The van der Waals surface area contributed by atoms with Crippen molar-refractivity contribution >= 4 is 35.2 Å². The van der Waals surface area contributed by atoms with Crippen molar-refractivity contribution in [1.82, 2.24) is 9.80 Å². The first-order valence-electron chi connectivity index (χ1n) is 9.52. The third kappa shape index (κ3) is 5.40. The topological polar surface area (TPSA) is 40.6 Å². The lowest BCUT2D eigenvalue weighted by atomic mass is 9.95. The van der Waals surface area contributed by atoms with Crippen molar-refractivity contribution in [2.24, 2.45) is 5.92 Å². The van der Waals surface area contributed by atoms with Gasteiger partial charge in [0.05, 0.1) is 11.7 Å². The monoisotopic (exact) mass is 394 g/mol. The fourth-order valence-electron chi connectivity index (χ4n) is 3.71. The molecule has 0 N–H and O–H groups in total. The maximum atomic E-state index is 12.7. The number of hydrogen-bond donors (Lipinski definition) is 0. The Bertz CT molecular complexity index is 617. The SMILES string of the molecule is O=C(CSCc1ccc(Cl)cc1)N1CCC[C@H](C(=O)N2CCCCC2)C1. The first-order valence-corrected chi connectivity index (χ1v) is 11.1. The summed E-state index contributed by atoms with van der Waals surface area (Å²) in [5.41, 5.74) is 1.17. The number of piperidine rings is 2. The predicted molar refractivity (Wildman–Crippen MR) is 107 cm³/mol. The highest BCUT2D eigenvalue weighted by Crippen LogP contribution is 2.22. The molecule has 2 amide bonds. The Morgan fingerprint density at radius 1 is 1.00 bits per heavy atom. The minimum Gasteiger partial charge on any atom is -0.342 e. The molecular weight excluding hydrogens is 368 g/mol. The number of halogens is 1. The lowest BCUT2D eigenvalue weighted by Gasteiger charge is -2.36. The molecule has 26 heavy (non-hydrogen) atoms. The number of rotatable bonds is 5. The van der Waals surface area contributed by atoms with Crippen LogP contribution in [-0.2, 0) is 15.3 Å². The fraction of sp³-hybridized carbons (Fsp3) is 0.600. The first kappa shape index (κ1) is 19.6. The number of amides is 2. The molecule has 2 heterocycles. The van der Waals surface area contributed by atoms with E-state index in [1.807, 2.05) is 34.1 Å². The standard InChI is InChI=1S/C20H27ClN2O2S/c21-18-8-6-16(7-9-18)14-26-15-19(24)23-12-4-5-17(13-23)20(25)22-10-2-1-3-11-22/h6-9,17H,1-5,10-15H2/t17-/m0/s1. The summed E-state index contributed by atoms with van der Waals surface area (Å²) < 4.78 is 0. The summed E-state index contributed by atoms with van der Waals surface area (Å²) >= 11 is 7.52. The van der Waals surface area contributed by atoms with E-state index < -0.39 is 0 Å². The third-order valence-corrected chi connectivity index (χ3v) is 6.44. The minimum absolute atomic E-state index is 0.00735. The molecule has 0 bridgehead atoms. The molecule has 4 nitrogen and oxygen atoms in total. The van der Waals surface area contributed by atoms with Crippen molar-refractivity contribution in [2.45, 2.75) is 37.9 Å². The Labute approximate surface area is 165 Å². The fourth-order valence-corrected chi connectivity index (χ4v) is 4.72. The van der Waals surface area contributed by atoms with Crippen LogP contribution in [0.2, 0.25) is 5.02 Å². The van der Waals surface area contributed by atoms with E-state index in [2.05, 4.69) is 0 Å². The average molecular weight is 395 g/mol. The molecule has 0 spiro atoms. The van der Waals surface area contributed by atoms with Gasteiger partial charge in [-0.2, -0.15) is 0 Å². The number of hydrogen-bond acceptors (Lipinski definition) is 3. The number of thioether (sulfide) groups is 1. The van der Waals surface area contributed by atoms with E-state index >= 15 is 0 Å². The number of carbonyl (C=O) groups excluding carboxylic acids is 2. The Hall–Kier alpha value is -1.20. The van der Waals surface area contributed by atoms with Gasteiger partial charge in [-0.05, 0) is 49.8 Å². The van der Waals surface area contributed by atoms with Crippen LogP contribution in [0.4, 0.5) is 0 Å². The smallest absolute Gasteiger partial charge is 0.232 e. The van der Waals surface area contributed by atoms with E-state index in [-0.39, 0.29) is 17.7 Å². The largest absolute Gasteiger partial charge is 0.342 e. The molecule has 1 aromatic rings. The quantitative estimate of drug-likeness (QED) is 0.762. The summed E-state index contributed by atoms with van der Waals surface area (Å²) in [6, 6.07) is 7.74. The second-order valence-electron chi connectivity index (χ2n) is 7.18. The van der Waals surface area contributed by atoms with E-state index in [1.165, 1.54) is 12.0 Å². The van der Waals surface area contributed by atoms with Gasteiger partial charge in [0, 0.05) is 37.0 Å². The molecule has 2 fully saturated rings. The van der Waals surface area contributed by atoms with Gasteiger partial charge in [-0.3, -0.25) is 9.59 Å². The van der Waals surface area contributed by atoms with Gasteiger partial charge in [0.1, 0.15) is 0 Å². The minimum atomic E-state index is -0.00735. The molecule has 2 aliphatic rings. The van der Waals surface area contributed by atoms with E-state index in [0.29, 0.717) is 12.3 Å². The Kier molecular flexibility index (Phi) is 7.26. The molecule has 0 aromatic heterocycles. The van der Waals surface area contributed by atoms with Gasteiger partial charge >= 0.3 is 0 Å². The molecule has 142 valence electrons. The number of likely N-dealkylation sites (tertiary alicyclic amines) is 2. The molecule has 1 aromatic carbocycles. The number of benzene rings is 1. The van der Waals surface area contributed by atoms with Crippen LogP contribution in [-0.4, -0.2) is 53.5 Å². The summed E-state index contributed by atoms with van der Waals surface area (Å²) in [4.78, 5) is 29.2. The lowest BCUT2D eigenvalue weighted by molar-refractivity contribution is -0.140. The molecule has 0 aliphatic carbocycles. The summed E-state index contributed by atoms with van der Waals surface area (Å²) in [5.74, 6) is 1.67. The summed E-state index contributed by atoms with van der Waals surface area (Å²) in [5, 5.41) is 0.729. The summed E-state index contributed by atoms with van der Waals surface area (Å²) in [6.45, 7) is 3.15. The van der Waals surface area contributed by atoms with Crippen molar-refractivity contribution in [1.29, 1.82) is 0 Å². The Morgan fingerprint density at radius 2 is 1.69 bits per heavy atom. The molecule has 0 saturated carbocycles. The zero-order valence-corrected chi connectivity index (χ0v) is 16.7. The molecule has 0 unspecified atom stereocenters. The van der Waals surface area contributed by atoms with Crippen LogP contribution in [0.3, 0.4) is 0 Å². The van der Waals surface area contributed by atoms with E-state index in [4.69, 9.17) is 11.6 Å². The Morgan fingerprint density at radius 3 is 2.42 bits per heavy atom. The molecule has 1 atom stereocenters. The van der Waals surface area contributed by atoms with Crippen LogP contribution in [0.5, 0.6) is 0 Å². The van der Waals surface area contributed by atoms with Crippen LogP contribution in [0.25, 0.3) is 0 Å². The highest BCUT2D eigenvalue weighted by molar-refractivity contribution is 7.99. The van der Waals surface area contributed by atoms with Gasteiger partial charge in [0.15, 0.2) is 0 Å². The summed E-state index contributed by atoms with van der Waals surface area (Å²) in [7, 11) is 0. The molecule has 6 heteroatoms. The molecule has 0 radical (unpaired) electrons. The third-order valence-electron chi connectivity index (χ3n) is 5.20.